The second-order valence-corrected chi connectivity index (χ2v) is 11.5. The molecule has 0 unspecified atom stereocenters. The van der Waals surface area contributed by atoms with E-state index in [1.165, 1.54) is 29.7 Å². The number of nitrogens with one attached hydrogen (secondary N) is 1. The lowest BCUT2D eigenvalue weighted by Crippen LogP contribution is -2.41. The minimum atomic E-state index is -0.515. The number of aromatic nitrogens is 5. The van der Waals surface area contributed by atoms with Crippen LogP contribution >= 0.6 is 11.5 Å². The van der Waals surface area contributed by atoms with Crippen molar-refractivity contribution in [2.75, 3.05) is 18.4 Å². The monoisotopic (exact) mass is 562 g/mol. The van der Waals surface area contributed by atoms with Gasteiger partial charge >= 0.3 is 6.09 Å². The summed E-state index contributed by atoms with van der Waals surface area (Å²) in [4.78, 5) is 23.5. The minimum Gasteiger partial charge on any atom is -0.444 e. The molecular weight excluding hydrogens is 531 g/mol. The fourth-order valence-electron chi connectivity index (χ4n) is 4.72. The van der Waals surface area contributed by atoms with Crippen LogP contribution in [-0.4, -0.2) is 53.6 Å². The first-order valence-corrected chi connectivity index (χ1v) is 14.1. The van der Waals surface area contributed by atoms with Gasteiger partial charge in [-0.25, -0.2) is 19.2 Å². The number of rotatable bonds is 6. The quantitative estimate of drug-likeness (QED) is 0.325. The number of nitrogens with zero attached hydrogens (tertiary/aromatic N) is 7. The van der Waals surface area contributed by atoms with Gasteiger partial charge in [0.2, 0.25) is 0 Å². The van der Waals surface area contributed by atoms with Crippen molar-refractivity contribution in [3.8, 4) is 17.5 Å². The molecule has 1 fully saturated rings. The Bertz CT molecular complexity index is 1580. The van der Waals surface area contributed by atoms with Crippen molar-refractivity contribution in [2.24, 2.45) is 0 Å². The molecule has 3 aromatic heterocycles. The number of amides is 1. The lowest BCUT2D eigenvalue weighted by atomic mass is 9.93. The number of anilines is 1. The minimum absolute atomic E-state index is 0.195. The highest BCUT2D eigenvalue weighted by atomic mass is 32.1. The molecule has 12 heteroatoms. The Balaban J connectivity index is 1.31. The zero-order valence-corrected chi connectivity index (χ0v) is 23.8. The molecule has 0 saturated carbocycles. The maximum Gasteiger partial charge on any atom is 0.410 e. The van der Waals surface area contributed by atoms with Crippen molar-refractivity contribution in [2.45, 2.75) is 65.0 Å². The van der Waals surface area contributed by atoms with E-state index in [2.05, 4.69) is 14.7 Å². The fourth-order valence-corrected chi connectivity index (χ4v) is 5.31. The molecule has 0 spiro atoms. The first-order chi connectivity index (χ1) is 19.1. The number of ether oxygens (including phenoxy) is 1. The summed E-state index contributed by atoms with van der Waals surface area (Å²) in [7, 11) is 0. The summed E-state index contributed by atoms with van der Waals surface area (Å²) in [6, 6.07) is 10.0. The van der Waals surface area contributed by atoms with E-state index in [0.29, 0.717) is 36.0 Å². The SMILES string of the molecule is CCc1nc2ccc(C3CCN(C(=O)OC(C)(C)C)CC3)nn2c1NCc1nc(-c2ccc(F)cc2C#N)ns1. The van der Waals surface area contributed by atoms with Gasteiger partial charge < -0.3 is 15.0 Å². The maximum atomic E-state index is 13.5. The molecule has 0 bridgehead atoms. The van der Waals surface area contributed by atoms with Crippen LogP contribution in [0.25, 0.3) is 17.0 Å². The maximum absolute atomic E-state index is 13.5. The molecule has 1 amide bonds. The highest BCUT2D eigenvalue weighted by molar-refractivity contribution is 7.05. The zero-order chi connectivity index (χ0) is 28.4. The average Bonchev–Trinajstić information content (AvgIpc) is 3.54. The Morgan fingerprint density at radius 3 is 2.70 bits per heavy atom. The number of halogens is 1. The van der Waals surface area contributed by atoms with Crippen LogP contribution < -0.4 is 5.32 Å². The van der Waals surface area contributed by atoms with Gasteiger partial charge in [-0.1, -0.05) is 6.92 Å². The molecule has 1 saturated heterocycles. The first kappa shape index (κ1) is 27.5. The molecule has 1 N–H and O–H groups in total. The fraction of sp³-hybridized carbons (Fsp3) is 0.429. The highest BCUT2D eigenvalue weighted by Crippen LogP contribution is 2.29. The van der Waals surface area contributed by atoms with Crippen LogP contribution in [0.5, 0.6) is 0 Å². The van der Waals surface area contributed by atoms with Crippen molar-refractivity contribution in [3.63, 3.8) is 0 Å². The molecule has 1 aliphatic heterocycles. The van der Waals surface area contributed by atoms with Crippen molar-refractivity contribution < 1.29 is 13.9 Å². The van der Waals surface area contributed by atoms with E-state index in [0.717, 1.165) is 42.1 Å². The van der Waals surface area contributed by atoms with Gasteiger partial charge in [0, 0.05) is 24.6 Å². The van der Waals surface area contributed by atoms with E-state index < -0.39 is 11.4 Å². The van der Waals surface area contributed by atoms with E-state index in [1.54, 1.807) is 4.90 Å². The van der Waals surface area contributed by atoms with Crippen LogP contribution in [-0.2, 0) is 17.7 Å². The Morgan fingerprint density at radius 1 is 1.23 bits per heavy atom. The summed E-state index contributed by atoms with van der Waals surface area (Å²) in [5, 5.41) is 18.5. The molecule has 1 aromatic carbocycles. The normalized spacial score (nSPS) is 14.3. The Morgan fingerprint density at radius 2 is 2.00 bits per heavy atom. The number of aryl methyl sites for hydroxylation is 1. The molecule has 0 atom stereocenters. The number of fused-ring (bicyclic) bond motifs is 1. The van der Waals surface area contributed by atoms with Crippen LogP contribution in [0.1, 0.15) is 68.4 Å². The molecule has 40 heavy (non-hydrogen) atoms. The molecule has 5 rings (SSSR count). The van der Waals surface area contributed by atoms with Gasteiger partial charge in [-0.05, 0) is 81.9 Å². The lowest BCUT2D eigenvalue weighted by molar-refractivity contribution is 0.0204. The van der Waals surface area contributed by atoms with Crippen molar-refractivity contribution >= 4 is 29.1 Å². The van der Waals surface area contributed by atoms with Crippen molar-refractivity contribution in [1.29, 1.82) is 5.26 Å². The van der Waals surface area contributed by atoms with E-state index in [1.807, 2.05) is 50.4 Å². The molecule has 4 heterocycles. The summed E-state index contributed by atoms with van der Waals surface area (Å²) in [6.07, 6.45) is 2.05. The molecule has 0 aliphatic carbocycles. The van der Waals surface area contributed by atoms with Crippen LogP contribution in [0, 0.1) is 17.1 Å². The van der Waals surface area contributed by atoms with Crippen LogP contribution in [0.15, 0.2) is 30.3 Å². The number of imidazole rings is 1. The van der Waals surface area contributed by atoms with Gasteiger partial charge in [-0.15, -0.1) is 0 Å². The molecule has 4 aromatic rings. The predicted octanol–water partition coefficient (Wildman–Crippen LogP) is 5.55. The van der Waals surface area contributed by atoms with Crippen LogP contribution in [0.2, 0.25) is 0 Å². The van der Waals surface area contributed by atoms with Gasteiger partial charge in [0.1, 0.15) is 16.4 Å². The standard InChI is InChI=1S/C28H31FN8O2S/c1-5-21-26(31-16-24-33-25(35-40-24)20-7-6-19(29)14-18(20)15-30)37-23(32-21)9-8-22(34-37)17-10-12-36(13-11-17)27(38)39-28(2,3)4/h6-9,14,17,31H,5,10-13,16H2,1-4H3. The van der Waals surface area contributed by atoms with Gasteiger partial charge in [0.25, 0.3) is 0 Å². The topological polar surface area (TPSA) is 121 Å². The molecule has 208 valence electrons. The van der Waals surface area contributed by atoms with Crippen LogP contribution in [0.3, 0.4) is 0 Å². The summed E-state index contributed by atoms with van der Waals surface area (Å²) >= 11 is 1.22. The highest BCUT2D eigenvalue weighted by Gasteiger charge is 2.28. The predicted molar refractivity (Wildman–Crippen MR) is 149 cm³/mol. The molecule has 0 radical (unpaired) electrons. The third kappa shape index (κ3) is 5.89. The number of carbonyl (C=O) groups is 1. The van der Waals surface area contributed by atoms with Gasteiger partial charge in [-0.2, -0.15) is 19.2 Å². The van der Waals surface area contributed by atoms with Crippen LogP contribution in [0.4, 0.5) is 15.0 Å². The Hall–Kier alpha value is -4.11. The van der Waals surface area contributed by atoms with Gasteiger partial charge in [0.15, 0.2) is 17.3 Å². The van der Waals surface area contributed by atoms with Gasteiger partial charge in [-0.3, -0.25) is 0 Å². The number of hydrogen-bond donors (Lipinski definition) is 1. The van der Waals surface area contributed by atoms with E-state index >= 15 is 0 Å². The smallest absolute Gasteiger partial charge is 0.410 e. The van der Waals surface area contributed by atoms with E-state index in [-0.39, 0.29) is 17.6 Å². The first-order valence-electron chi connectivity index (χ1n) is 13.3. The van der Waals surface area contributed by atoms with Crippen molar-refractivity contribution in [3.05, 3.63) is 58.1 Å². The second kappa shape index (κ2) is 11.2. The number of nitriles is 1. The molecule has 10 nitrogen and oxygen atoms in total. The number of piperidine rings is 1. The number of hydrogen-bond acceptors (Lipinski definition) is 9. The van der Waals surface area contributed by atoms with Crippen molar-refractivity contribution in [1.82, 2.24) is 28.9 Å². The van der Waals surface area contributed by atoms with E-state index in [4.69, 9.17) is 14.8 Å². The summed E-state index contributed by atoms with van der Waals surface area (Å²) in [5.74, 6) is 0.934. The molecular formula is C28H31FN8O2S. The summed E-state index contributed by atoms with van der Waals surface area (Å²) < 4.78 is 25.3. The van der Waals surface area contributed by atoms with Gasteiger partial charge in [0.05, 0.1) is 29.6 Å². The number of carbonyl (C=O) groups excluding carboxylic acids is 1. The zero-order valence-electron chi connectivity index (χ0n) is 22.9. The third-order valence-electron chi connectivity index (χ3n) is 6.69. The van der Waals surface area contributed by atoms with E-state index in [9.17, 15) is 14.4 Å². The largest absolute Gasteiger partial charge is 0.444 e. The third-order valence-corrected chi connectivity index (χ3v) is 7.40. The molecule has 1 aliphatic rings. The Kier molecular flexibility index (Phi) is 7.67. The second-order valence-electron chi connectivity index (χ2n) is 10.7. The lowest BCUT2D eigenvalue weighted by Gasteiger charge is -2.33. The number of likely N-dealkylation sites (tertiary alicyclic amines) is 1. The average molecular weight is 563 g/mol. The Labute approximate surface area is 236 Å². The summed E-state index contributed by atoms with van der Waals surface area (Å²) in [5.41, 5.74) is 2.77. The summed E-state index contributed by atoms with van der Waals surface area (Å²) in [6.45, 7) is 9.29. The number of benzene rings is 1.